The summed E-state index contributed by atoms with van der Waals surface area (Å²) >= 11 is 0. The average molecular weight is 260 g/mol. The van der Waals surface area contributed by atoms with E-state index in [-0.39, 0.29) is 12.2 Å². The molecule has 2 heterocycles. The molecule has 0 aromatic heterocycles. The second-order valence-corrected chi connectivity index (χ2v) is 5.48. The van der Waals surface area contributed by atoms with E-state index < -0.39 is 5.79 Å². The van der Waals surface area contributed by atoms with Crippen LogP contribution in [0.15, 0.2) is 42.2 Å². The lowest BCUT2D eigenvalue weighted by atomic mass is 10.0. The normalized spacial score (nSPS) is 29.7. The summed E-state index contributed by atoms with van der Waals surface area (Å²) in [4.78, 5) is 0. The van der Waals surface area contributed by atoms with Crippen molar-refractivity contribution in [3.8, 4) is 0 Å². The summed E-state index contributed by atoms with van der Waals surface area (Å²) in [6, 6.07) is 10.2. The highest BCUT2D eigenvalue weighted by molar-refractivity contribution is 5.23. The van der Waals surface area contributed by atoms with Crippen LogP contribution >= 0.6 is 0 Å². The maximum atomic E-state index is 6.06. The van der Waals surface area contributed by atoms with Crippen LogP contribution in [0.2, 0.25) is 0 Å². The van der Waals surface area contributed by atoms with Crippen molar-refractivity contribution < 1.29 is 14.2 Å². The summed E-state index contributed by atoms with van der Waals surface area (Å²) < 4.78 is 17.9. The predicted molar refractivity (Wildman–Crippen MR) is 72.5 cm³/mol. The minimum atomic E-state index is -0.577. The van der Waals surface area contributed by atoms with E-state index in [4.69, 9.17) is 14.2 Å². The van der Waals surface area contributed by atoms with Gasteiger partial charge in [-0.05, 0) is 38.3 Å². The van der Waals surface area contributed by atoms with Gasteiger partial charge in [-0.1, -0.05) is 30.3 Å². The van der Waals surface area contributed by atoms with Crippen molar-refractivity contribution in [2.45, 2.75) is 44.7 Å². The van der Waals surface area contributed by atoms with Crippen molar-refractivity contribution in [1.82, 2.24) is 0 Å². The Hall–Kier alpha value is -1.32. The first-order chi connectivity index (χ1) is 9.16. The van der Waals surface area contributed by atoms with Crippen LogP contribution in [0, 0.1) is 0 Å². The van der Waals surface area contributed by atoms with Crippen LogP contribution in [0.1, 0.15) is 38.4 Å². The van der Waals surface area contributed by atoms with E-state index in [0.717, 1.165) is 30.8 Å². The number of hydrogen-bond donors (Lipinski definition) is 0. The van der Waals surface area contributed by atoms with Crippen LogP contribution in [-0.4, -0.2) is 18.5 Å². The van der Waals surface area contributed by atoms with Gasteiger partial charge in [-0.25, -0.2) is 0 Å². The van der Waals surface area contributed by atoms with Gasteiger partial charge in [0, 0.05) is 0 Å². The monoisotopic (exact) mass is 260 g/mol. The average Bonchev–Trinajstić information content (AvgIpc) is 2.77. The molecule has 1 saturated heterocycles. The Kier molecular flexibility index (Phi) is 3.33. The van der Waals surface area contributed by atoms with Crippen LogP contribution < -0.4 is 0 Å². The van der Waals surface area contributed by atoms with Gasteiger partial charge in [0.2, 0.25) is 0 Å². The molecule has 0 unspecified atom stereocenters. The fourth-order valence-electron chi connectivity index (χ4n) is 2.63. The van der Waals surface area contributed by atoms with Gasteiger partial charge in [0.15, 0.2) is 5.79 Å². The van der Waals surface area contributed by atoms with E-state index in [0.29, 0.717) is 0 Å². The molecule has 3 rings (SSSR count). The summed E-state index contributed by atoms with van der Waals surface area (Å²) in [5, 5.41) is 0. The summed E-state index contributed by atoms with van der Waals surface area (Å²) in [6.07, 6.45) is 4.03. The van der Waals surface area contributed by atoms with Gasteiger partial charge >= 0.3 is 0 Å². The number of hydrogen-bond acceptors (Lipinski definition) is 3. The Morgan fingerprint density at radius 3 is 2.47 bits per heavy atom. The van der Waals surface area contributed by atoms with Crippen LogP contribution in [0.5, 0.6) is 0 Å². The largest absolute Gasteiger partial charge is 0.495 e. The fraction of sp³-hybridized carbons (Fsp3) is 0.500. The lowest BCUT2D eigenvalue weighted by Gasteiger charge is -2.23. The summed E-state index contributed by atoms with van der Waals surface area (Å²) in [7, 11) is 0. The molecule has 2 aliphatic rings. The zero-order valence-corrected chi connectivity index (χ0v) is 11.5. The van der Waals surface area contributed by atoms with Crippen molar-refractivity contribution in [1.29, 1.82) is 0 Å². The minimum Gasteiger partial charge on any atom is -0.495 e. The zero-order valence-electron chi connectivity index (χ0n) is 11.5. The fourth-order valence-corrected chi connectivity index (χ4v) is 2.63. The van der Waals surface area contributed by atoms with E-state index in [1.165, 1.54) is 0 Å². The highest BCUT2D eigenvalue weighted by Crippen LogP contribution is 2.42. The topological polar surface area (TPSA) is 27.7 Å². The molecule has 0 N–H and O–H groups in total. The molecule has 2 aliphatic heterocycles. The van der Waals surface area contributed by atoms with Gasteiger partial charge in [0.1, 0.15) is 18.0 Å². The third-order valence-electron chi connectivity index (χ3n) is 3.47. The molecule has 1 fully saturated rings. The smallest absolute Gasteiger partial charge is 0.164 e. The molecule has 1 aromatic rings. The van der Waals surface area contributed by atoms with E-state index >= 15 is 0 Å². The Morgan fingerprint density at radius 2 is 1.79 bits per heavy atom. The molecule has 0 amide bonds. The Balaban J connectivity index is 1.90. The lowest BCUT2D eigenvalue weighted by Crippen LogP contribution is -2.24. The first-order valence-corrected chi connectivity index (χ1v) is 6.89. The molecule has 0 radical (unpaired) electrons. The van der Waals surface area contributed by atoms with Crippen molar-refractivity contribution in [2.75, 3.05) is 6.61 Å². The Labute approximate surface area is 114 Å². The number of rotatable bonds is 2. The van der Waals surface area contributed by atoms with E-state index in [1.807, 2.05) is 32.0 Å². The first-order valence-electron chi connectivity index (χ1n) is 6.89. The maximum absolute atomic E-state index is 6.06. The zero-order chi connectivity index (χ0) is 13.3. The summed E-state index contributed by atoms with van der Waals surface area (Å²) in [5.74, 6) is 0.345. The molecular weight excluding hydrogens is 240 g/mol. The van der Waals surface area contributed by atoms with Crippen molar-refractivity contribution in [3.05, 3.63) is 47.7 Å². The molecule has 2 atom stereocenters. The van der Waals surface area contributed by atoms with Crippen LogP contribution in [-0.2, 0) is 14.2 Å². The van der Waals surface area contributed by atoms with Gasteiger partial charge in [-0.15, -0.1) is 0 Å². The predicted octanol–water partition coefficient (Wildman–Crippen LogP) is 3.57. The van der Waals surface area contributed by atoms with E-state index in [2.05, 4.69) is 18.2 Å². The molecule has 3 heteroatoms. The quantitative estimate of drug-likeness (QED) is 0.813. The minimum absolute atomic E-state index is 0.0967. The highest BCUT2D eigenvalue weighted by Gasteiger charge is 2.44. The summed E-state index contributed by atoms with van der Waals surface area (Å²) in [6.45, 7) is 4.67. The van der Waals surface area contributed by atoms with E-state index in [9.17, 15) is 0 Å². The molecule has 102 valence electrons. The van der Waals surface area contributed by atoms with Crippen molar-refractivity contribution in [2.24, 2.45) is 0 Å². The number of ether oxygens (including phenoxy) is 3. The van der Waals surface area contributed by atoms with Gasteiger partial charge in [0.25, 0.3) is 0 Å². The third-order valence-corrected chi connectivity index (χ3v) is 3.47. The van der Waals surface area contributed by atoms with Gasteiger partial charge < -0.3 is 14.2 Å². The van der Waals surface area contributed by atoms with Gasteiger partial charge in [-0.3, -0.25) is 0 Å². The Morgan fingerprint density at radius 1 is 1.05 bits per heavy atom. The molecule has 3 nitrogen and oxygen atoms in total. The molecule has 0 saturated carbocycles. The summed E-state index contributed by atoms with van der Waals surface area (Å²) in [5.41, 5.74) is 1.13. The molecule has 19 heavy (non-hydrogen) atoms. The lowest BCUT2D eigenvalue weighted by molar-refractivity contribution is -0.147. The number of benzene rings is 1. The number of allylic oxidation sites excluding steroid dienone is 1. The van der Waals surface area contributed by atoms with Crippen LogP contribution in [0.25, 0.3) is 0 Å². The highest BCUT2D eigenvalue weighted by atomic mass is 16.8. The first kappa shape index (κ1) is 12.7. The van der Waals surface area contributed by atoms with Crippen molar-refractivity contribution in [3.63, 3.8) is 0 Å². The van der Waals surface area contributed by atoms with Crippen LogP contribution in [0.4, 0.5) is 0 Å². The molecule has 0 aliphatic carbocycles. The second-order valence-electron chi connectivity index (χ2n) is 5.48. The molecular formula is C16H20O3. The van der Waals surface area contributed by atoms with Gasteiger partial charge in [-0.2, -0.15) is 0 Å². The molecule has 0 bridgehead atoms. The SMILES string of the molecule is CC1(C)O[C@@H](C2=CCCCO2)[C@H](c2ccccc2)O1. The van der Waals surface area contributed by atoms with Crippen molar-refractivity contribution >= 4 is 0 Å². The van der Waals surface area contributed by atoms with E-state index in [1.54, 1.807) is 0 Å². The van der Waals surface area contributed by atoms with Crippen LogP contribution in [0.3, 0.4) is 0 Å². The molecule has 0 spiro atoms. The third kappa shape index (κ3) is 2.67. The standard InChI is InChI=1S/C16H20O3/c1-16(2)18-14(12-8-4-3-5-9-12)15(19-16)13-10-6-7-11-17-13/h3-5,8-10,14-15H,6-7,11H2,1-2H3/t14-,15-/m0/s1. The second kappa shape index (κ2) is 4.99. The Bertz CT molecular complexity index is 464. The van der Waals surface area contributed by atoms with Gasteiger partial charge in [0.05, 0.1) is 6.61 Å². The maximum Gasteiger partial charge on any atom is 0.164 e. The molecule has 1 aromatic carbocycles.